The number of hydrogen-bond acceptors (Lipinski definition) is 3. The molecule has 30 heavy (non-hydrogen) atoms. The molecule has 0 aromatic heterocycles. The van der Waals surface area contributed by atoms with E-state index in [0.717, 1.165) is 11.1 Å². The van der Waals surface area contributed by atoms with Crippen LogP contribution in [0.5, 0.6) is 5.75 Å². The van der Waals surface area contributed by atoms with Crippen LogP contribution in [0.2, 0.25) is 0 Å². The molecule has 3 aromatic rings. The Morgan fingerprint density at radius 3 is 2.17 bits per heavy atom. The molecule has 0 saturated carbocycles. The molecule has 5 nitrogen and oxygen atoms in total. The van der Waals surface area contributed by atoms with E-state index in [2.05, 4.69) is 5.32 Å². The molecule has 0 saturated heterocycles. The number of rotatable bonds is 6. The van der Waals surface area contributed by atoms with E-state index in [1.165, 1.54) is 17.0 Å². The third-order valence-corrected chi connectivity index (χ3v) is 4.57. The number of carbonyl (C=O) groups excluding carboxylic acids is 2. The first-order valence-electron chi connectivity index (χ1n) is 9.44. The average Bonchev–Trinajstić information content (AvgIpc) is 2.73. The monoisotopic (exact) mass is 406 g/mol. The van der Waals surface area contributed by atoms with Crippen molar-refractivity contribution >= 4 is 17.5 Å². The van der Waals surface area contributed by atoms with Crippen LogP contribution in [-0.2, 0) is 4.79 Å². The Morgan fingerprint density at radius 2 is 1.57 bits per heavy atom. The highest BCUT2D eigenvalue weighted by atomic mass is 19.1. The van der Waals surface area contributed by atoms with Gasteiger partial charge in [-0.05, 0) is 54.4 Å². The lowest BCUT2D eigenvalue weighted by molar-refractivity contribution is -0.130. The first-order valence-corrected chi connectivity index (χ1v) is 9.44. The number of aryl methyl sites for hydroxylation is 1. The summed E-state index contributed by atoms with van der Waals surface area (Å²) in [4.78, 5) is 25.5. The maximum Gasteiger partial charge on any atom is 0.259 e. The Balaban J connectivity index is 1.65. The highest BCUT2D eigenvalue weighted by Gasteiger charge is 2.13. The molecular weight excluding hydrogens is 383 g/mol. The van der Waals surface area contributed by atoms with Gasteiger partial charge in [-0.15, -0.1) is 0 Å². The molecule has 0 aliphatic carbocycles. The van der Waals surface area contributed by atoms with Gasteiger partial charge in [-0.2, -0.15) is 0 Å². The predicted octanol–water partition coefficient (Wildman–Crippen LogP) is 4.52. The first-order chi connectivity index (χ1) is 14.3. The molecule has 0 fully saturated rings. The number of benzene rings is 3. The van der Waals surface area contributed by atoms with Gasteiger partial charge >= 0.3 is 0 Å². The fourth-order valence-corrected chi connectivity index (χ4v) is 2.73. The van der Waals surface area contributed by atoms with Gasteiger partial charge in [0.25, 0.3) is 11.8 Å². The molecule has 154 valence electrons. The summed E-state index contributed by atoms with van der Waals surface area (Å²) in [7, 11) is 3.30. The van der Waals surface area contributed by atoms with Crippen LogP contribution in [-0.4, -0.2) is 37.4 Å². The number of carbonyl (C=O) groups is 2. The van der Waals surface area contributed by atoms with Crippen molar-refractivity contribution in [3.05, 3.63) is 83.7 Å². The fourth-order valence-electron chi connectivity index (χ4n) is 2.73. The molecule has 1 N–H and O–H groups in total. The van der Waals surface area contributed by atoms with Crippen molar-refractivity contribution in [2.24, 2.45) is 0 Å². The first kappa shape index (κ1) is 21.0. The van der Waals surface area contributed by atoms with E-state index < -0.39 is 11.7 Å². The predicted molar refractivity (Wildman–Crippen MR) is 115 cm³/mol. The van der Waals surface area contributed by atoms with Gasteiger partial charge in [-0.1, -0.05) is 35.9 Å². The van der Waals surface area contributed by atoms with Crippen LogP contribution in [0.3, 0.4) is 0 Å². The lowest BCUT2D eigenvalue weighted by Crippen LogP contribution is -2.27. The van der Waals surface area contributed by atoms with Crippen LogP contribution < -0.4 is 10.1 Å². The van der Waals surface area contributed by atoms with Gasteiger partial charge in [0.1, 0.15) is 11.6 Å². The number of amides is 2. The van der Waals surface area contributed by atoms with Gasteiger partial charge in [0, 0.05) is 19.8 Å². The van der Waals surface area contributed by atoms with Crippen molar-refractivity contribution in [2.45, 2.75) is 6.92 Å². The Kier molecular flexibility index (Phi) is 6.47. The molecule has 0 aliphatic heterocycles. The molecule has 0 aliphatic rings. The summed E-state index contributed by atoms with van der Waals surface area (Å²) < 4.78 is 19.9. The summed E-state index contributed by atoms with van der Waals surface area (Å²) in [5, 5.41) is 2.67. The average molecular weight is 406 g/mol. The van der Waals surface area contributed by atoms with Crippen LogP contribution in [0.4, 0.5) is 10.1 Å². The summed E-state index contributed by atoms with van der Waals surface area (Å²) in [5.74, 6) is -0.791. The van der Waals surface area contributed by atoms with Crippen LogP contribution in [0.1, 0.15) is 15.9 Å². The van der Waals surface area contributed by atoms with Gasteiger partial charge in [0.2, 0.25) is 0 Å². The van der Waals surface area contributed by atoms with E-state index in [0.29, 0.717) is 17.0 Å². The molecule has 3 aromatic carbocycles. The Morgan fingerprint density at radius 1 is 0.933 bits per heavy atom. The molecule has 0 atom stereocenters. The van der Waals surface area contributed by atoms with E-state index >= 15 is 0 Å². The minimum atomic E-state index is -0.590. The third-order valence-electron chi connectivity index (χ3n) is 4.57. The Hall–Kier alpha value is -3.67. The SMILES string of the molecule is Cc1ccc(-c2ccc(C(=O)Nc3ccc(OCC(=O)N(C)C)cc3)c(F)c2)cc1. The number of anilines is 1. The molecule has 3 rings (SSSR count). The summed E-state index contributed by atoms with van der Waals surface area (Å²) in [5.41, 5.74) is 3.17. The number of nitrogens with zero attached hydrogens (tertiary/aromatic N) is 1. The zero-order chi connectivity index (χ0) is 21.7. The van der Waals surface area contributed by atoms with E-state index in [1.54, 1.807) is 44.4 Å². The fraction of sp³-hybridized carbons (Fsp3) is 0.167. The van der Waals surface area contributed by atoms with Gasteiger partial charge < -0.3 is 15.0 Å². The Bertz CT molecular complexity index is 1050. The summed E-state index contributed by atoms with van der Waals surface area (Å²) in [6.45, 7) is 1.91. The van der Waals surface area contributed by atoms with Crippen molar-refractivity contribution in [1.82, 2.24) is 4.90 Å². The number of ether oxygens (including phenoxy) is 1. The van der Waals surface area contributed by atoms with E-state index in [1.807, 2.05) is 31.2 Å². The van der Waals surface area contributed by atoms with Gasteiger partial charge in [-0.3, -0.25) is 9.59 Å². The van der Waals surface area contributed by atoms with E-state index in [-0.39, 0.29) is 18.1 Å². The van der Waals surface area contributed by atoms with Gasteiger partial charge in [0.15, 0.2) is 6.61 Å². The van der Waals surface area contributed by atoms with Crippen LogP contribution in [0, 0.1) is 12.7 Å². The third kappa shape index (κ3) is 5.23. The lowest BCUT2D eigenvalue weighted by atomic mass is 10.0. The van der Waals surface area contributed by atoms with Crippen LogP contribution >= 0.6 is 0 Å². The molecule has 2 amide bonds. The second kappa shape index (κ2) is 9.22. The highest BCUT2D eigenvalue weighted by molar-refractivity contribution is 6.04. The summed E-state index contributed by atoms with van der Waals surface area (Å²) >= 11 is 0. The number of hydrogen-bond donors (Lipinski definition) is 1. The van der Waals surface area contributed by atoms with Crippen molar-refractivity contribution in [2.75, 3.05) is 26.0 Å². The maximum absolute atomic E-state index is 14.6. The van der Waals surface area contributed by atoms with E-state index in [9.17, 15) is 14.0 Å². The smallest absolute Gasteiger partial charge is 0.259 e. The lowest BCUT2D eigenvalue weighted by Gasteiger charge is -2.12. The standard InChI is InChI=1S/C24H23FN2O3/c1-16-4-6-17(7-5-16)18-8-13-21(22(25)14-18)24(29)26-19-9-11-20(12-10-19)30-15-23(28)27(2)3/h4-14H,15H2,1-3H3,(H,26,29). The second-order valence-electron chi connectivity index (χ2n) is 7.12. The molecule has 0 spiro atoms. The molecule has 0 unspecified atom stereocenters. The minimum absolute atomic E-state index is 0.0391. The number of halogens is 1. The second-order valence-corrected chi connectivity index (χ2v) is 7.12. The highest BCUT2D eigenvalue weighted by Crippen LogP contribution is 2.23. The van der Waals surface area contributed by atoms with Crippen molar-refractivity contribution in [3.63, 3.8) is 0 Å². The normalized spacial score (nSPS) is 10.4. The molecular formula is C24H23FN2O3. The van der Waals surface area contributed by atoms with Crippen molar-refractivity contribution < 1.29 is 18.7 Å². The Labute approximate surface area is 175 Å². The zero-order valence-electron chi connectivity index (χ0n) is 17.1. The molecule has 0 heterocycles. The van der Waals surface area contributed by atoms with Crippen molar-refractivity contribution in [1.29, 1.82) is 0 Å². The van der Waals surface area contributed by atoms with Crippen LogP contribution in [0.25, 0.3) is 11.1 Å². The molecule has 0 bridgehead atoms. The summed E-state index contributed by atoms with van der Waals surface area (Å²) in [6, 6.07) is 18.8. The minimum Gasteiger partial charge on any atom is -0.484 e. The largest absolute Gasteiger partial charge is 0.484 e. The number of likely N-dealkylation sites (N-methyl/N-ethyl adjacent to an activating group) is 1. The van der Waals surface area contributed by atoms with Crippen LogP contribution in [0.15, 0.2) is 66.7 Å². The topological polar surface area (TPSA) is 58.6 Å². The molecule has 0 radical (unpaired) electrons. The molecule has 6 heteroatoms. The zero-order valence-corrected chi connectivity index (χ0v) is 17.1. The van der Waals surface area contributed by atoms with Gasteiger partial charge in [-0.25, -0.2) is 4.39 Å². The van der Waals surface area contributed by atoms with Gasteiger partial charge in [0.05, 0.1) is 5.56 Å². The summed E-state index contributed by atoms with van der Waals surface area (Å²) in [6.07, 6.45) is 0. The van der Waals surface area contributed by atoms with E-state index in [4.69, 9.17) is 4.74 Å². The maximum atomic E-state index is 14.6. The number of nitrogens with one attached hydrogen (secondary N) is 1. The van der Waals surface area contributed by atoms with Crippen molar-refractivity contribution in [3.8, 4) is 16.9 Å². The quantitative estimate of drug-likeness (QED) is 0.655.